The number of halogens is 1. The molecule has 0 aliphatic rings. The van der Waals surface area contributed by atoms with Gasteiger partial charge < -0.3 is 0 Å². The molecule has 0 bridgehead atoms. The Morgan fingerprint density at radius 2 is 2.08 bits per heavy atom. The Morgan fingerprint density at radius 3 is 2.54 bits per heavy atom. The van der Waals surface area contributed by atoms with Crippen LogP contribution in [0.3, 0.4) is 0 Å². The number of rotatable bonds is 1. The summed E-state index contributed by atoms with van der Waals surface area (Å²) in [5, 5.41) is 13.3. The molecule has 0 aromatic heterocycles. The smallest absolute Gasteiger partial charge is 0.225 e. The molecule has 0 aliphatic carbocycles. The fourth-order valence-corrected chi connectivity index (χ4v) is 1.51. The highest BCUT2D eigenvalue weighted by Gasteiger charge is 2.13. The third-order valence-corrected chi connectivity index (χ3v) is 2.34. The topological polar surface area (TPSA) is 83.9 Å². The zero-order valence-corrected chi connectivity index (χ0v) is 7.18. The molecule has 1 aromatic carbocycles. The molecule has 0 spiro atoms. The van der Waals surface area contributed by atoms with E-state index in [0.29, 0.717) is 0 Å². The minimum Gasteiger partial charge on any atom is -0.225 e. The molecular formula is C7H5FN2O2S. The summed E-state index contributed by atoms with van der Waals surface area (Å²) in [6.07, 6.45) is 0. The average Bonchev–Trinajstić information content (AvgIpc) is 2.01. The summed E-state index contributed by atoms with van der Waals surface area (Å²) < 4.78 is 34.2. The summed E-state index contributed by atoms with van der Waals surface area (Å²) in [6, 6.07) is 4.26. The number of hydrogen-bond acceptors (Lipinski definition) is 3. The molecule has 0 fully saturated rings. The van der Waals surface area contributed by atoms with Crippen molar-refractivity contribution < 1.29 is 12.8 Å². The van der Waals surface area contributed by atoms with Crippen molar-refractivity contribution in [2.75, 3.05) is 0 Å². The molecule has 2 N–H and O–H groups in total. The highest BCUT2D eigenvalue weighted by Crippen LogP contribution is 2.14. The van der Waals surface area contributed by atoms with Crippen molar-refractivity contribution in [3.05, 3.63) is 29.6 Å². The monoisotopic (exact) mass is 200 g/mol. The van der Waals surface area contributed by atoms with Crippen molar-refractivity contribution in [2.45, 2.75) is 4.90 Å². The van der Waals surface area contributed by atoms with E-state index in [0.717, 1.165) is 18.2 Å². The first-order chi connectivity index (χ1) is 5.95. The molecule has 0 unspecified atom stereocenters. The van der Waals surface area contributed by atoms with Crippen LogP contribution in [0.5, 0.6) is 0 Å². The molecule has 0 atom stereocenters. The third-order valence-electron chi connectivity index (χ3n) is 1.37. The van der Waals surface area contributed by atoms with E-state index >= 15 is 0 Å². The van der Waals surface area contributed by atoms with Gasteiger partial charge in [0.25, 0.3) is 0 Å². The van der Waals surface area contributed by atoms with Gasteiger partial charge in [0.15, 0.2) is 0 Å². The second-order valence-corrected chi connectivity index (χ2v) is 3.83. The fraction of sp³-hybridized carbons (Fsp3) is 0. The molecule has 0 radical (unpaired) electrons. The Hall–Kier alpha value is -1.45. The number of nitriles is 1. The number of nitrogens with zero attached hydrogens (tertiary/aromatic N) is 1. The summed E-state index contributed by atoms with van der Waals surface area (Å²) in [6.45, 7) is 0. The number of benzene rings is 1. The SMILES string of the molecule is N#Cc1cc(F)ccc1S(N)(=O)=O. The maximum absolute atomic E-state index is 12.5. The first kappa shape index (κ1) is 9.64. The second kappa shape index (κ2) is 3.12. The van der Waals surface area contributed by atoms with Gasteiger partial charge in [-0.05, 0) is 18.2 Å². The molecule has 13 heavy (non-hydrogen) atoms. The van der Waals surface area contributed by atoms with E-state index in [1.54, 1.807) is 6.07 Å². The largest absolute Gasteiger partial charge is 0.239 e. The van der Waals surface area contributed by atoms with Crippen LogP contribution in [0, 0.1) is 17.1 Å². The van der Waals surface area contributed by atoms with E-state index < -0.39 is 15.8 Å². The number of nitrogens with two attached hydrogens (primary N) is 1. The van der Waals surface area contributed by atoms with Gasteiger partial charge in [0.2, 0.25) is 10.0 Å². The van der Waals surface area contributed by atoms with Gasteiger partial charge in [-0.1, -0.05) is 0 Å². The zero-order valence-electron chi connectivity index (χ0n) is 6.36. The highest BCUT2D eigenvalue weighted by molar-refractivity contribution is 7.89. The number of hydrogen-bond donors (Lipinski definition) is 1. The minimum atomic E-state index is -3.95. The van der Waals surface area contributed by atoms with Crippen molar-refractivity contribution in [1.29, 1.82) is 5.26 Å². The minimum absolute atomic E-state index is 0.289. The normalized spacial score (nSPS) is 10.8. The van der Waals surface area contributed by atoms with E-state index in [4.69, 9.17) is 10.4 Å². The summed E-state index contributed by atoms with van der Waals surface area (Å²) in [5.41, 5.74) is -0.289. The molecule has 0 heterocycles. The van der Waals surface area contributed by atoms with Crippen LogP contribution in [0.4, 0.5) is 4.39 Å². The Labute approximate surface area is 74.5 Å². The molecule has 0 amide bonds. The average molecular weight is 200 g/mol. The van der Waals surface area contributed by atoms with E-state index in [1.165, 1.54) is 0 Å². The van der Waals surface area contributed by atoms with Crippen LogP contribution in [0.25, 0.3) is 0 Å². The van der Waals surface area contributed by atoms with Crippen LogP contribution in [0.1, 0.15) is 5.56 Å². The predicted octanol–water partition coefficient (Wildman–Crippen LogP) is 0.345. The van der Waals surface area contributed by atoms with Crippen LogP contribution < -0.4 is 5.14 Å². The lowest BCUT2D eigenvalue weighted by molar-refractivity contribution is 0.596. The van der Waals surface area contributed by atoms with E-state index in [1.807, 2.05) is 0 Å². The van der Waals surface area contributed by atoms with Crippen molar-refractivity contribution in [3.63, 3.8) is 0 Å². The highest BCUT2D eigenvalue weighted by atomic mass is 32.2. The van der Waals surface area contributed by atoms with E-state index in [2.05, 4.69) is 0 Å². The van der Waals surface area contributed by atoms with E-state index in [-0.39, 0.29) is 10.5 Å². The van der Waals surface area contributed by atoms with E-state index in [9.17, 15) is 12.8 Å². The Balaban J connectivity index is 3.50. The standard InChI is InChI=1S/C7H5FN2O2S/c8-6-1-2-7(13(10,11)12)5(3-6)4-9/h1-3H,(H2,10,11,12). The molecule has 0 saturated heterocycles. The van der Waals surface area contributed by atoms with Gasteiger partial charge in [0.1, 0.15) is 11.9 Å². The predicted molar refractivity (Wildman–Crippen MR) is 42.5 cm³/mol. The number of sulfonamides is 1. The van der Waals surface area contributed by atoms with Gasteiger partial charge in [0, 0.05) is 0 Å². The molecular weight excluding hydrogens is 195 g/mol. The summed E-state index contributed by atoms with van der Waals surface area (Å²) in [7, 11) is -3.95. The van der Waals surface area contributed by atoms with Crippen molar-refractivity contribution in [2.24, 2.45) is 5.14 Å². The maximum Gasteiger partial charge on any atom is 0.239 e. The van der Waals surface area contributed by atoms with Gasteiger partial charge in [-0.2, -0.15) is 5.26 Å². The summed E-state index contributed by atoms with van der Waals surface area (Å²) in [4.78, 5) is -0.364. The molecule has 1 aromatic rings. The van der Waals surface area contributed by atoms with Crippen LogP contribution in [0.2, 0.25) is 0 Å². The van der Waals surface area contributed by atoms with Gasteiger partial charge in [-0.25, -0.2) is 17.9 Å². The second-order valence-electron chi connectivity index (χ2n) is 2.30. The Morgan fingerprint density at radius 1 is 1.46 bits per heavy atom. The van der Waals surface area contributed by atoms with Crippen LogP contribution in [-0.2, 0) is 10.0 Å². The zero-order chi connectivity index (χ0) is 10.1. The van der Waals surface area contributed by atoms with Crippen molar-refractivity contribution in [1.82, 2.24) is 0 Å². The number of primary sulfonamides is 1. The van der Waals surface area contributed by atoms with Gasteiger partial charge >= 0.3 is 0 Å². The van der Waals surface area contributed by atoms with Crippen LogP contribution in [-0.4, -0.2) is 8.42 Å². The molecule has 0 aliphatic heterocycles. The van der Waals surface area contributed by atoms with Crippen molar-refractivity contribution in [3.8, 4) is 6.07 Å². The Bertz CT molecular complexity index is 476. The first-order valence-electron chi connectivity index (χ1n) is 3.17. The molecule has 1 rings (SSSR count). The molecule has 4 nitrogen and oxygen atoms in total. The third kappa shape index (κ3) is 2.02. The van der Waals surface area contributed by atoms with Gasteiger partial charge in [-0.3, -0.25) is 0 Å². The lowest BCUT2D eigenvalue weighted by atomic mass is 10.2. The summed E-state index contributed by atoms with van der Waals surface area (Å²) in [5.74, 6) is -0.677. The molecule has 0 saturated carbocycles. The quantitative estimate of drug-likeness (QED) is 0.709. The van der Waals surface area contributed by atoms with Gasteiger partial charge in [0.05, 0.1) is 10.5 Å². The van der Waals surface area contributed by atoms with Gasteiger partial charge in [-0.15, -0.1) is 0 Å². The molecule has 6 heteroatoms. The van der Waals surface area contributed by atoms with Crippen LogP contribution >= 0.6 is 0 Å². The lowest BCUT2D eigenvalue weighted by Crippen LogP contribution is -2.13. The molecule has 68 valence electrons. The first-order valence-corrected chi connectivity index (χ1v) is 4.72. The van der Waals surface area contributed by atoms with Crippen LogP contribution in [0.15, 0.2) is 23.1 Å². The Kier molecular flexibility index (Phi) is 2.32. The van der Waals surface area contributed by atoms with Crippen molar-refractivity contribution >= 4 is 10.0 Å². The summed E-state index contributed by atoms with van der Waals surface area (Å²) >= 11 is 0. The fourth-order valence-electron chi connectivity index (χ4n) is 0.838. The maximum atomic E-state index is 12.5. The lowest BCUT2D eigenvalue weighted by Gasteiger charge is -1.99.